The smallest absolute Gasteiger partial charge is 0.223 e. The Bertz CT molecular complexity index is 590. The van der Waals surface area contributed by atoms with Gasteiger partial charge in [0.25, 0.3) is 0 Å². The molecule has 0 radical (unpaired) electrons. The lowest BCUT2D eigenvalue weighted by Crippen LogP contribution is -2.35. The van der Waals surface area contributed by atoms with Gasteiger partial charge in [0.15, 0.2) is 5.75 Å². The summed E-state index contributed by atoms with van der Waals surface area (Å²) in [5.41, 5.74) is 1.53. The predicted octanol–water partition coefficient (Wildman–Crippen LogP) is 1.63. The maximum atomic E-state index is 12.2. The maximum absolute atomic E-state index is 12.2. The quantitative estimate of drug-likeness (QED) is 0.905. The molecule has 2 fully saturated rings. The van der Waals surface area contributed by atoms with Crippen LogP contribution in [0.1, 0.15) is 30.7 Å². The normalized spacial score (nSPS) is 20.7. The third kappa shape index (κ3) is 4.11. The molecule has 6 heteroatoms. The summed E-state index contributed by atoms with van der Waals surface area (Å²) in [7, 11) is 1.98. The van der Waals surface area contributed by atoms with Crippen molar-refractivity contribution >= 4 is 11.8 Å². The van der Waals surface area contributed by atoms with Gasteiger partial charge >= 0.3 is 0 Å². The van der Waals surface area contributed by atoms with Crippen LogP contribution in [0.2, 0.25) is 0 Å². The molecule has 1 aromatic rings. The highest BCUT2D eigenvalue weighted by atomic mass is 32.2. The number of aromatic hydroxyl groups is 1. The molecule has 128 valence electrons. The molecule has 0 aromatic carbocycles. The summed E-state index contributed by atoms with van der Waals surface area (Å²) in [6.45, 7) is 5.71. The molecule has 0 bridgehead atoms. The first-order chi connectivity index (χ1) is 11.1. The van der Waals surface area contributed by atoms with E-state index >= 15 is 0 Å². The molecule has 0 saturated carbocycles. The minimum absolute atomic E-state index is 0.0758. The van der Waals surface area contributed by atoms with Crippen molar-refractivity contribution in [2.24, 2.45) is 7.05 Å². The van der Waals surface area contributed by atoms with E-state index in [0.29, 0.717) is 6.54 Å². The molecule has 23 heavy (non-hydrogen) atoms. The summed E-state index contributed by atoms with van der Waals surface area (Å²) in [5, 5.41) is 10.3. The first-order valence-corrected chi connectivity index (χ1v) is 9.74. The average Bonchev–Trinajstić information content (AvgIpc) is 2.58. The molecule has 1 aromatic heterocycles. The van der Waals surface area contributed by atoms with Crippen molar-refractivity contribution in [3.8, 4) is 5.75 Å². The van der Waals surface area contributed by atoms with Crippen molar-refractivity contribution in [1.29, 1.82) is 0 Å². The van der Waals surface area contributed by atoms with E-state index < -0.39 is 0 Å². The lowest BCUT2D eigenvalue weighted by molar-refractivity contribution is 0.214. The van der Waals surface area contributed by atoms with E-state index in [1.165, 1.54) is 19.3 Å². The summed E-state index contributed by atoms with van der Waals surface area (Å²) < 4.78 is 2.03. The Hall–Kier alpha value is -0.980. The molecule has 3 rings (SSSR count). The van der Waals surface area contributed by atoms with E-state index in [0.717, 1.165) is 55.6 Å². The summed E-state index contributed by atoms with van der Waals surface area (Å²) >= 11 is 1.97. The van der Waals surface area contributed by atoms with Crippen LogP contribution in [-0.4, -0.2) is 57.2 Å². The van der Waals surface area contributed by atoms with Gasteiger partial charge in [-0.2, -0.15) is 11.8 Å². The van der Waals surface area contributed by atoms with Crippen LogP contribution in [0.15, 0.2) is 10.9 Å². The topological polar surface area (TPSA) is 48.7 Å². The zero-order valence-corrected chi connectivity index (χ0v) is 14.8. The number of pyridine rings is 1. The fourth-order valence-corrected chi connectivity index (χ4v) is 4.42. The zero-order valence-electron chi connectivity index (χ0n) is 14.0. The van der Waals surface area contributed by atoms with Gasteiger partial charge in [0, 0.05) is 56.5 Å². The van der Waals surface area contributed by atoms with Gasteiger partial charge in [-0.05, 0) is 25.9 Å². The number of rotatable bonds is 4. The van der Waals surface area contributed by atoms with Crippen molar-refractivity contribution in [3.05, 3.63) is 27.7 Å². The summed E-state index contributed by atoms with van der Waals surface area (Å²) in [6.07, 6.45) is 3.79. The fraction of sp³-hybridized carbons (Fsp3) is 0.706. The first kappa shape index (κ1) is 16.9. The van der Waals surface area contributed by atoms with Crippen LogP contribution in [0.3, 0.4) is 0 Å². The maximum Gasteiger partial charge on any atom is 0.223 e. The number of aromatic nitrogens is 1. The SMILES string of the molecule is Cn1c(CN2CCCCC2)cc(=O)c(O)c1CN1CCSCC1. The standard InChI is InChI=1S/C17H27N3O2S/c1-18-14(12-19-5-3-2-4-6-19)11-16(21)17(22)15(18)13-20-7-9-23-10-8-20/h11,22H,2-10,12-13H2,1H3. The summed E-state index contributed by atoms with van der Waals surface area (Å²) in [5.74, 6) is 2.18. The van der Waals surface area contributed by atoms with Crippen molar-refractivity contribution in [2.75, 3.05) is 37.7 Å². The first-order valence-electron chi connectivity index (χ1n) is 8.58. The molecule has 3 heterocycles. The van der Waals surface area contributed by atoms with Crippen LogP contribution in [0, 0.1) is 0 Å². The second kappa shape index (κ2) is 7.73. The molecule has 0 atom stereocenters. The van der Waals surface area contributed by atoms with Crippen LogP contribution in [-0.2, 0) is 20.1 Å². The van der Waals surface area contributed by atoms with Crippen LogP contribution in [0.25, 0.3) is 0 Å². The average molecular weight is 337 g/mol. The van der Waals surface area contributed by atoms with Crippen molar-refractivity contribution in [1.82, 2.24) is 14.4 Å². The predicted molar refractivity (Wildman–Crippen MR) is 95.1 cm³/mol. The van der Waals surface area contributed by atoms with Crippen LogP contribution < -0.4 is 5.43 Å². The second-order valence-corrected chi connectivity index (χ2v) is 7.80. The van der Waals surface area contributed by atoms with E-state index in [9.17, 15) is 9.90 Å². The minimum Gasteiger partial charge on any atom is -0.503 e. The molecule has 2 aliphatic heterocycles. The van der Waals surface area contributed by atoms with E-state index in [-0.39, 0.29) is 11.2 Å². The number of hydrogen-bond donors (Lipinski definition) is 1. The van der Waals surface area contributed by atoms with Gasteiger partial charge in [-0.3, -0.25) is 14.6 Å². The Labute approximate surface area is 142 Å². The molecular formula is C17H27N3O2S. The molecule has 2 saturated heterocycles. The second-order valence-electron chi connectivity index (χ2n) is 6.58. The highest BCUT2D eigenvalue weighted by molar-refractivity contribution is 7.99. The zero-order chi connectivity index (χ0) is 16.2. The fourth-order valence-electron chi connectivity index (χ4n) is 3.44. The van der Waals surface area contributed by atoms with Crippen LogP contribution >= 0.6 is 11.8 Å². The van der Waals surface area contributed by atoms with Crippen molar-refractivity contribution < 1.29 is 5.11 Å². The number of likely N-dealkylation sites (tertiary alicyclic amines) is 1. The summed E-state index contributed by atoms with van der Waals surface area (Å²) in [4.78, 5) is 16.9. The number of hydrogen-bond acceptors (Lipinski definition) is 5. The molecule has 5 nitrogen and oxygen atoms in total. The Kier molecular flexibility index (Phi) is 5.67. The van der Waals surface area contributed by atoms with Gasteiger partial charge in [-0.15, -0.1) is 0 Å². The van der Waals surface area contributed by atoms with E-state index in [1.54, 1.807) is 6.07 Å². The largest absolute Gasteiger partial charge is 0.503 e. The molecule has 0 unspecified atom stereocenters. The lowest BCUT2D eigenvalue weighted by Gasteiger charge is -2.30. The van der Waals surface area contributed by atoms with Gasteiger partial charge in [0.05, 0.1) is 5.69 Å². The Balaban J connectivity index is 1.81. The molecule has 1 N–H and O–H groups in total. The number of piperidine rings is 1. The third-order valence-corrected chi connectivity index (χ3v) is 5.89. The van der Waals surface area contributed by atoms with Crippen molar-refractivity contribution in [3.63, 3.8) is 0 Å². The van der Waals surface area contributed by atoms with Gasteiger partial charge in [-0.1, -0.05) is 6.42 Å². The molecule has 0 spiro atoms. The summed E-state index contributed by atoms with van der Waals surface area (Å²) in [6, 6.07) is 1.61. The monoisotopic (exact) mass is 337 g/mol. The van der Waals surface area contributed by atoms with E-state index in [2.05, 4.69) is 9.80 Å². The number of nitrogens with zero attached hydrogens (tertiary/aromatic N) is 3. The molecule has 2 aliphatic rings. The van der Waals surface area contributed by atoms with E-state index in [4.69, 9.17) is 0 Å². The van der Waals surface area contributed by atoms with Crippen LogP contribution in [0.4, 0.5) is 0 Å². The van der Waals surface area contributed by atoms with Gasteiger partial charge in [0.2, 0.25) is 5.43 Å². The Morgan fingerprint density at radius 3 is 2.39 bits per heavy atom. The van der Waals surface area contributed by atoms with E-state index in [1.807, 2.05) is 23.4 Å². The lowest BCUT2D eigenvalue weighted by atomic mass is 10.1. The van der Waals surface area contributed by atoms with Gasteiger partial charge in [0.1, 0.15) is 0 Å². The molecular weight excluding hydrogens is 310 g/mol. The van der Waals surface area contributed by atoms with Crippen molar-refractivity contribution in [2.45, 2.75) is 32.4 Å². The highest BCUT2D eigenvalue weighted by Gasteiger charge is 2.19. The van der Waals surface area contributed by atoms with Crippen LogP contribution in [0.5, 0.6) is 5.75 Å². The number of thioether (sulfide) groups is 1. The molecule has 0 aliphatic carbocycles. The van der Waals surface area contributed by atoms with Gasteiger partial charge in [-0.25, -0.2) is 0 Å². The minimum atomic E-state index is -0.239. The Morgan fingerprint density at radius 1 is 1.04 bits per heavy atom. The van der Waals surface area contributed by atoms with Gasteiger partial charge < -0.3 is 9.67 Å². The molecule has 0 amide bonds. The highest BCUT2D eigenvalue weighted by Crippen LogP contribution is 2.20. The third-order valence-electron chi connectivity index (χ3n) is 4.95. The Morgan fingerprint density at radius 2 is 1.70 bits per heavy atom.